The molecule has 0 heterocycles. The van der Waals surface area contributed by atoms with Crippen LogP contribution in [0.3, 0.4) is 0 Å². The zero-order valence-electron chi connectivity index (χ0n) is 17.3. The van der Waals surface area contributed by atoms with Crippen LogP contribution in [-0.4, -0.2) is 5.11 Å². The molecule has 1 nitrogen and oxygen atoms in total. The molecule has 0 aliphatic carbocycles. The second-order valence-electron chi connectivity index (χ2n) is 7.54. The summed E-state index contributed by atoms with van der Waals surface area (Å²) in [6.07, 6.45) is -4.86. The highest BCUT2D eigenvalue weighted by Gasteiger charge is 2.37. The van der Waals surface area contributed by atoms with Gasteiger partial charge in [-0.25, -0.2) is 22.0 Å². The molecule has 0 aromatic heterocycles. The van der Waals surface area contributed by atoms with E-state index in [1.54, 1.807) is 0 Å². The summed E-state index contributed by atoms with van der Waals surface area (Å²) < 4.78 is 110. The molecule has 3 aromatic carbocycles. The fraction of sp³-hybridized carbons (Fsp3) is 0.250. The number of alkyl halides is 3. The lowest BCUT2D eigenvalue weighted by molar-refractivity contribution is -0.142. The molecule has 0 atom stereocenters. The van der Waals surface area contributed by atoms with Gasteiger partial charge in [0.05, 0.1) is 5.56 Å². The highest BCUT2D eigenvalue weighted by molar-refractivity contribution is 5.72. The summed E-state index contributed by atoms with van der Waals surface area (Å²) in [7, 11) is 0. The number of benzene rings is 3. The smallest absolute Gasteiger partial charge is 0.422 e. The van der Waals surface area contributed by atoms with E-state index in [1.165, 1.54) is 18.2 Å². The lowest BCUT2D eigenvalue weighted by atomic mass is 9.95. The first kappa shape index (κ1) is 24.5. The third-order valence-electron chi connectivity index (χ3n) is 5.18. The number of phenolic OH excluding ortho intramolecular Hbond substituents is 1. The first-order valence-electron chi connectivity index (χ1n) is 9.97. The SMILES string of the molecule is CCCc1ccc(-c2c(O)cc(F)c(CCc3cc(F)c(C(F)(F)F)c(F)c3)c2F)c(F)c1. The lowest BCUT2D eigenvalue weighted by Gasteiger charge is -2.14. The molecule has 0 fully saturated rings. The van der Waals surface area contributed by atoms with Crippen molar-refractivity contribution in [2.75, 3.05) is 0 Å². The molecule has 3 aromatic rings. The van der Waals surface area contributed by atoms with Crippen LogP contribution in [0.4, 0.5) is 35.1 Å². The molecule has 0 saturated heterocycles. The number of phenols is 1. The zero-order chi connectivity index (χ0) is 24.5. The standard InChI is InChI=1S/C24H18F8O/c1-2-3-12-4-6-14(16(25)8-12)21-20(33)11-17(26)15(23(21)29)7-5-13-9-18(27)22(19(28)10-13)24(30,31)32/h4,6,8-11,33H,2-3,5,7H2,1H3. The quantitative estimate of drug-likeness (QED) is 0.367. The molecule has 0 amide bonds. The molecule has 9 heteroatoms. The van der Waals surface area contributed by atoms with Gasteiger partial charge in [-0.1, -0.05) is 25.5 Å². The minimum Gasteiger partial charge on any atom is -0.507 e. The second-order valence-corrected chi connectivity index (χ2v) is 7.54. The number of rotatable bonds is 6. The van der Waals surface area contributed by atoms with E-state index in [0.29, 0.717) is 30.2 Å². The molecule has 0 saturated carbocycles. The Kier molecular flexibility index (Phi) is 7.00. The summed E-state index contributed by atoms with van der Waals surface area (Å²) in [5, 5.41) is 10.1. The van der Waals surface area contributed by atoms with Crippen molar-refractivity contribution in [1.82, 2.24) is 0 Å². The third-order valence-corrected chi connectivity index (χ3v) is 5.18. The summed E-state index contributed by atoms with van der Waals surface area (Å²) in [5.74, 6) is -7.84. The Balaban J connectivity index is 1.96. The molecule has 176 valence electrons. The van der Waals surface area contributed by atoms with E-state index in [-0.39, 0.29) is 11.1 Å². The van der Waals surface area contributed by atoms with E-state index in [2.05, 4.69) is 0 Å². The van der Waals surface area contributed by atoms with Crippen molar-refractivity contribution < 1.29 is 40.2 Å². The summed E-state index contributed by atoms with van der Waals surface area (Å²) in [6.45, 7) is 1.89. The van der Waals surface area contributed by atoms with Gasteiger partial charge in [-0.3, -0.25) is 0 Å². The van der Waals surface area contributed by atoms with Crippen LogP contribution in [0, 0.1) is 29.1 Å². The minimum absolute atomic E-state index is 0.262. The van der Waals surface area contributed by atoms with Gasteiger partial charge in [0, 0.05) is 17.2 Å². The van der Waals surface area contributed by atoms with Gasteiger partial charge < -0.3 is 5.11 Å². The van der Waals surface area contributed by atoms with Crippen molar-refractivity contribution in [1.29, 1.82) is 0 Å². The van der Waals surface area contributed by atoms with Crippen LogP contribution in [0.2, 0.25) is 0 Å². The van der Waals surface area contributed by atoms with Crippen LogP contribution in [0.1, 0.15) is 35.6 Å². The van der Waals surface area contributed by atoms with Gasteiger partial charge in [-0.05, 0) is 48.6 Å². The number of hydrogen-bond donors (Lipinski definition) is 1. The van der Waals surface area contributed by atoms with Gasteiger partial charge in [-0.2, -0.15) is 13.2 Å². The molecule has 0 aliphatic rings. The van der Waals surface area contributed by atoms with Gasteiger partial charge in [0.2, 0.25) is 0 Å². The monoisotopic (exact) mass is 474 g/mol. The molecule has 33 heavy (non-hydrogen) atoms. The van der Waals surface area contributed by atoms with E-state index in [4.69, 9.17) is 0 Å². The van der Waals surface area contributed by atoms with Crippen LogP contribution in [-0.2, 0) is 25.4 Å². The van der Waals surface area contributed by atoms with Crippen molar-refractivity contribution >= 4 is 0 Å². The van der Waals surface area contributed by atoms with E-state index < -0.39 is 70.5 Å². The van der Waals surface area contributed by atoms with E-state index >= 15 is 4.39 Å². The Morgan fingerprint density at radius 2 is 1.33 bits per heavy atom. The van der Waals surface area contributed by atoms with Crippen LogP contribution >= 0.6 is 0 Å². The van der Waals surface area contributed by atoms with Crippen LogP contribution in [0.15, 0.2) is 36.4 Å². The van der Waals surface area contributed by atoms with Crippen LogP contribution < -0.4 is 0 Å². The van der Waals surface area contributed by atoms with E-state index in [9.17, 15) is 35.8 Å². The largest absolute Gasteiger partial charge is 0.507 e. The Morgan fingerprint density at radius 1 is 0.727 bits per heavy atom. The van der Waals surface area contributed by atoms with Crippen molar-refractivity contribution in [3.63, 3.8) is 0 Å². The molecular formula is C24H18F8O. The summed E-state index contributed by atoms with van der Waals surface area (Å²) in [4.78, 5) is 0. The highest BCUT2D eigenvalue weighted by atomic mass is 19.4. The zero-order valence-corrected chi connectivity index (χ0v) is 17.3. The predicted octanol–water partition coefficient (Wildman–Crippen LogP) is 7.51. The first-order chi connectivity index (χ1) is 15.4. The fourth-order valence-corrected chi connectivity index (χ4v) is 3.65. The number of aryl methyl sites for hydroxylation is 2. The van der Waals surface area contributed by atoms with Crippen molar-refractivity contribution in [3.05, 3.63) is 87.7 Å². The number of halogens is 8. The number of hydrogen-bond acceptors (Lipinski definition) is 1. The van der Waals surface area contributed by atoms with E-state index in [1.807, 2.05) is 6.92 Å². The van der Waals surface area contributed by atoms with Crippen LogP contribution in [0.5, 0.6) is 5.75 Å². The third kappa shape index (κ3) is 5.12. The van der Waals surface area contributed by atoms with Crippen molar-refractivity contribution in [2.45, 2.75) is 38.8 Å². The molecule has 0 aliphatic heterocycles. The van der Waals surface area contributed by atoms with Gasteiger partial charge in [0.15, 0.2) is 0 Å². The summed E-state index contributed by atoms with van der Waals surface area (Å²) in [5.41, 5.74) is -3.18. The Morgan fingerprint density at radius 3 is 1.88 bits per heavy atom. The van der Waals surface area contributed by atoms with Crippen molar-refractivity contribution in [3.8, 4) is 16.9 Å². The van der Waals surface area contributed by atoms with E-state index in [0.717, 1.165) is 6.42 Å². The summed E-state index contributed by atoms with van der Waals surface area (Å²) >= 11 is 0. The molecule has 0 spiro atoms. The first-order valence-corrected chi connectivity index (χ1v) is 9.97. The summed E-state index contributed by atoms with van der Waals surface area (Å²) in [6, 6.07) is 5.43. The van der Waals surface area contributed by atoms with Crippen LogP contribution in [0.25, 0.3) is 11.1 Å². The Labute approximate surface area is 184 Å². The van der Waals surface area contributed by atoms with Crippen molar-refractivity contribution in [2.24, 2.45) is 0 Å². The highest BCUT2D eigenvalue weighted by Crippen LogP contribution is 2.38. The average Bonchev–Trinajstić information content (AvgIpc) is 2.67. The fourth-order valence-electron chi connectivity index (χ4n) is 3.65. The Bertz CT molecular complexity index is 1160. The maximum atomic E-state index is 15.1. The normalized spacial score (nSPS) is 11.8. The van der Waals surface area contributed by atoms with Gasteiger partial charge >= 0.3 is 6.18 Å². The number of aromatic hydroxyl groups is 1. The molecule has 0 bridgehead atoms. The maximum absolute atomic E-state index is 15.1. The van der Waals surface area contributed by atoms with Gasteiger partial charge in [0.1, 0.15) is 40.4 Å². The molecular weight excluding hydrogens is 456 g/mol. The lowest BCUT2D eigenvalue weighted by Crippen LogP contribution is -2.12. The molecule has 3 rings (SSSR count). The Hall–Kier alpha value is -3.10. The topological polar surface area (TPSA) is 20.2 Å². The van der Waals surface area contributed by atoms with Gasteiger partial charge in [0.25, 0.3) is 0 Å². The minimum atomic E-state index is -5.24. The predicted molar refractivity (Wildman–Crippen MR) is 106 cm³/mol. The maximum Gasteiger partial charge on any atom is 0.422 e. The molecule has 0 unspecified atom stereocenters. The second kappa shape index (κ2) is 9.41. The molecule has 1 N–H and O–H groups in total. The molecule has 0 radical (unpaired) electrons. The average molecular weight is 474 g/mol. The van der Waals surface area contributed by atoms with Gasteiger partial charge in [-0.15, -0.1) is 0 Å².